The summed E-state index contributed by atoms with van der Waals surface area (Å²) in [6.45, 7) is 8.86. The highest BCUT2D eigenvalue weighted by molar-refractivity contribution is 7.91. The van der Waals surface area contributed by atoms with Gasteiger partial charge in [-0.2, -0.15) is 0 Å². The highest BCUT2D eigenvalue weighted by Crippen LogP contribution is 2.46. The number of benzene rings is 1. The number of carbonyl (C=O) groups is 5. The zero-order valence-electron chi connectivity index (χ0n) is 35.3. The molecule has 1 saturated heterocycles. The zero-order valence-corrected chi connectivity index (χ0v) is 36.1. The molecule has 5 aliphatic rings. The van der Waals surface area contributed by atoms with Gasteiger partial charge in [0, 0.05) is 30.5 Å². The van der Waals surface area contributed by atoms with E-state index in [0.29, 0.717) is 55.5 Å². The third kappa shape index (κ3) is 10.1. The minimum atomic E-state index is -3.94. The summed E-state index contributed by atoms with van der Waals surface area (Å²) in [5.74, 6) is -2.65. The van der Waals surface area contributed by atoms with Gasteiger partial charge >= 0.3 is 6.09 Å². The minimum absolute atomic E-state index is 0.00250. The van der Waals surface area contributed by atoms with E-state index in [1.165, 1.54) is 11.0 Å². The number of amides is 5. The van der Waals surface area contributed by atoms with Crippen LogP contribution in [-0.2, 0) is 45.1 Å². The molecule has 4 fully saturated rings. The van der Waals surface area contributed by atoms with Crippen LogP contribution in [-0.4, -0.2) is 116 Å². The lowest BCUT2D eigenvalue weighted by Gasteiger charge is -2.35. The number of pyridine rings is 1. The molecule has 5 amide bonds. The fourth-order valence-electron chi connectivity index (χ4n) is 8.73. The molecule has 0 spiro atoms. The van der Waals surface area contributed by atoms with Gasteiger partial charge in [-0.05, 0) is 101 Å². The molecular weight excluding hydrogens is 809 g/mol. The van der Waals surface area contributed by atoms with Crippen molar-refractivity contribution in [3.8, 4) is 11.6 Å². The molecule has 0 radical (unpaired) electrons. The van der Waals surface area contributed by atoms with Crippen molar-refractivity contribution in [2.75, 3.05) is 26.9 Å². The Kier molecular flexibility index (Phi) is 12.9. The van der Waals surface area contributed by atoms with Gasteiger partial charge in [0.25, 0.3) is 5.91 Å². The first-order valence-corrected chi connectivity index (χ1v) is 22.9. The SMILES string of the molecule is C=CC1CC1(NC(=O)C1CC2CN1C(=O)C(C1CCCCC1)NC(=O)C(NC(=O)OC(C)(C)C)COCCCc1cc3c(nccc3cc1OC)O2)C(=O)NS(=O)(=O)C1CC1. The maximum absolute atomic E-state index is 15.1. The molecule has 6 unspecified atom stereocenters. The van der Waals surface area contributed by atoms with Gasteiger partial charge in [-0.3, -0.25) is 23.9 Å². The first kappa shape index (κ1) is 44.1. The molecule has 17 nitrogen and oxygen atoms in total. The van der Waals surface area contributed by atoms with Gasteiger partial charge in [0.2, 0.25) is 33.6 Å². The molecule has 18 heteroatoms. The van der Waals surface area contributed by atoms with Crippen LogP contribution in [0, 0.1) is 11.8 Å². The van der Waals surface area contributed by atoms with Crippen LogP contribution in [0.15, 0.2) is 37.1 Å². The van der Waals surface area contributed by atoms with Gasteiger partial charge in [-0.1, -0.05) is 25.3 Å². The van der Waals surface area contributed by atoms with Crippen LogP contribution >= 0.6 is 0 Å². The van der Waals surface area contributed by atoms with E-state index in [-0.39, 0.29) is 38.5 Å². The molecule has 1 aromatic heterocycles. The molecule has 61 heavy (non-hydrogen) atoms. The van der Waals surface area contributed by atoms with Crippen LogP contribution < -0.4 is 30.1 Å². The van der Waals surface area contributed by atoms with Crippen molar-refractivity contribution in [3.05, 3.63) is 42.6 Å². The highest BCUT2D eigenvalue weighted by Gasteiger charge is 2.62. The molecule has 3 aliphatic carbocycles. The number of sulfonamides is 1. The Balaban J connectivity index is 1.25. The molecule has 2 aromatic rings. The number of hydrogen-bond donors (Lipinski definition) is 4. The average Bonchev–Trinajstić information content (AvgIpc) is 4.15. The number of carbonyl (C=O) groups excluding carboxylic acids is 5. The van der Waals surface area contributed by atoms with E-state index in [4.69, 9.17) is 18.9 Å². The van der Waals surface area contributed by atoms with Gasteiger partial charge < -0.3 is 39.8 Å². The third-order valence-electron chi connectivity index (χ3n) is 12.2. The van der Waals surface area contributed by atoms with Crippen molar-refractivity contribution in [2.24, 2.45) is 11.8 Å². The second kappa shape index (κ2) is 17.8. The number of fused-ring (bicyclic) bond motifs is 3. The predicted molar refractivity (Wildman–Crippen MR) is 223 cm³/mol. The third-order valence-corrected chi connectivity index (χ3v) is 14.0. The Hall–Kier alpha value is -4.97. The largest absolute Gasteiger partial charge is 0.496 e. The van der Waals surface area contributed by atoms with Crippen LogP contribution in [0.4, 0.5) is 4.79 Å². The van der Waals surface area contributed by atoms with E-state index in [9.17, 15) is 27.6 Å². The molecule has 6 atom stereocenters. The van der Waals surface area contributed by atoms with Crippen LogP contribution in [0.1, 0.15) is 90.5 Å². The van der Waals surface area contributed by atoms with E-state index in [0.717, 1.165) is 30.2 Å². The fourth-order valence-corrected chi connectivity index (χ4v) is 10.1. The molecule has 7 rings (SSSR count). The zero-order chi connectivity index (χ0) is 43.7. The van der Waals surface area contributed by atoms with Gasteiger partial charge in [0.1, 0.15) is 41.1 Å². The van der Waals surface area contributed by atoms with E-state index in [2.05, 4.69) is 32.2 Å². The lowest BCUT2D eigenvalue weighted by molar-refractivity contribution is -0.144. The Morgan fingerprint density at radius 3 is 2.51 bits per heavy atom. The van der Waals surface area contributed by atoms with Crippen molar-refractivity contribution < 1.29 is 51.3 Å². The summed E-state index contributed by atoms with van der Waals surface area (Å²) in [5, 5.41) is 9.24. The lowest BCUT2D eigenvalue weighted by Crippen LogP contribution is -2.61. The van der Waals surface area contributed by atoms with Crippen LogP contribution in [0.3, 0.4) is 0 Å². The molecule has 332 valence electrons. The Labute approximate surface area is 356 Å². The number of nitrogens with one attached hydrogen (secondary N) is 4. The highest BCUT2D eigenvalue weighted by atomic mass is 32.2. The molecule has 1 aromatic carbocycles. The summed E-state index contributed by atoms with van der Waals surface area (Å²) in [4.78, 5) is 76.7. The standard InChI is InChI=1S/C43H58N6O11S/c1-6-28-22-43(28,40(53)48-61(55,56)30-14-15-30)47-37(51)33-21-29-23-49(33)39(52)35(25-11-8-7-9-12-25)46-36(50)32(45-41(54)60-42(2,3)4)24-58-18-10-13-27-19-31-26(20-34(27)57-5)16-17-44-38(31)59-29/h6,16-17,19-20,25,28-30,32-33,35H,1,7-15,18,21-24H2,2-5H3,(H,45,54)(H,46,50)(H,47,51)(H,48,53). The van der Waals surface area contributed by atoms with E-state index >= 15 is 4.79 Å². The summed E-state index contributed by atoms with van der Waals surface area (Å²) < 4.78 is 51.7. The van der Waals surface area contributed by atoms with Gasteiger partial charge in [-0.15, -0.1) is 6.58 Å². The molecule has 2 aliphatic heterocycles. The van der Waals surface area contributed by atoms with Gasteiger partial charge in [0.15, 0.2) is 0 Å². The Morgan fingerprint density at radius 2 is 1.84 bits per heavy atom. The normalized spacial score (nSPS) is 27.8. The van der Waals surface area contributed by atoms with Crippen LogP contribution in [0.5, 0.6) is 11.6 Å². The number of ether oxygens (including phenoxy) is 4. The molecule has 4 bridgehead atoms. The number of nitrogens with zero attached hydrogens (tertiary/aromatic N) is 2. The van der Waals surface area contributed by atoms with Crippen molar-refractivity contribution in [2.45, 2.75) is 132 Å². The monoisotopic (exact) mass is 866 g/mol. The second-order valence-corrected chi connectivity index (χ2v) is 19.9. The first-order valence-electron chi connectivity index (χ1n) is 21.3. The lowest BCUT2D eigenvalue weighted by atomic mass is 9.83. The van der Waals surface area contributed by atoms with Crippen molar-refractivity contribution in [3.63, 3.8) is 0 Å². The van der Waals surface area contributed by atoms with Crippen LogP contribution in [0.2, 0.25) is 0 Å². The molecule has 3 saturated carbocycles. The maximum Gasteiger partial charge on any atom is 0.408 e. The van der Waals surface area contributed by atoms with E-state index in [1.54, 1.807) is 34.1 Å². The summed E-state index contributed by atoms with van der Waals surface area (Å²) in [6.07, 6.45) is 7.47. The number of hydrogen-bond acceptors (Lipinski definition) is 12. The van der Waals surface area contributed by atoms with Gasteiger partial charge in [-0.25, -0.2) is 18.2 Å². The molecular formula is C43H58N6O11S. The summed E-state index contributed by atoms with van der Waals surface area (Å²) in [5.41, 5.74) is -1.60. The minimum Gasteiger partial charge on any atom is -0.496 e. The number of aromatic nitrogens is 1. The van der Waals surface area contributed by atoms with E-state index < -0.39 is 86.3 Å². The Bertz CT molecular complexity index is 2150. The number of methoxy groups -OCH3 is 1. The molecule has 4 N–H and O–H groups in total. The quantitative estimate of drug-likeness (QED) is 0.267. The topological polar surface area (TPSA) is 221 Å². The summed E-state index contributed by atoms with van der Waals surface area (Å²) in [6, 6.07) is 2.13. The molecule has 3 heterocycles. The van der Waals surface area contributed by atoms with Crippen molar-refractivity contribution in [1.29, 1.82) is 0 Å². The number of rotatable bonds is 9. The van der Waals surface area contributed by atoms with Crippen molar-refractivity contribution in [1.82, 2.24) is 30.6 Å². The summed E-state index contributed by atoms with van der Waals surface area (Å²) >= 11 is 0. The van der Waals surface area contributed by atoms with Crippen molar-refractivity contribution >= 4 is 50.5 Å². The van der Waals surface area contributed by atoms with Gasteiger partial charge in [0.05, 0.1) is 25.5 Å². The maximum atomic E-state index is 15.1. The van der Waals surface area contributed by atoms with E-state index in [1.807, 2.05) is 18.2 Å². The predicted octanol–water partition coefficient (Wildman–Crippen LogP) is 3.18. The average molecular weight is 867 g/mol. The summed E-state index contributed by atoms with van der Waals surface area (Å²) in [7, 11) is -2.36. The number of aryl methyl sites for hydroxylation is 1. The Morgan fingerprint density at radius 1 is 1.08 bits per heavy atom. The number of alkyl carbamates (subject to hydrolysis) is 1. The smallest absolute Gasteiger partial charge is 0.408 e. The fraction of sp³-hybridized carbons (Fsp3) is 0.628. The van der Waals surface area contributed by atoms with Crippen LogP contribution in [0.25, 0.3) is 10.8 Å². The second-order valence-electron chi connectivity index (χ2n) is 17.9. The first-order chi connectivity index (χ1) is 29.0.